The molecule has 0 unspecified atom stereocenters. The van der Waals surface area contributed by atoms with Gasteiger partial charge in [-0.05, 0) is 40.1 Å². The predicted octanol–water partition coefficient (Wildman–Crippen LogP) is 3.56. The van der Waals surface area contributed by atoms with Crippen LogP contribution >= 0.6 is 0 Å². The molecule has 0 saturated heterocycles. The highest BCUT2D eigenvalue weighted by Gasteiger charge is 2.11. The zero-order chi connectivity index (χ0) is 20.6. The molecule has 5 heteroatoms. The zero-order valence-electron chi connectivity index (χ0n) is 16.9. The molecule has 150 valence electrons. The highest BCUT2D eigenvalue weighted by atomic mass is 16.5. The second-order valence-corrected chi connectivity index (χ2v) is 7.06. The van der Waals surface area contributed by atoms with Crippen molar-refractivity contribution < 1.29 is 14.3 Å². The molecule has 0 aliphatic heterocycles. The number of hydrogen-bond acceptors (Lipinski definition) is 3. The molecule has 1 N–H and O–H groups in total. The van der Waals surface area contributed by atoms with E-state index < -0.39 is 0 Å². The maximum Gasteiger partial charge on any atom is 0.224 e. The first kappa shape index (κ1) is 20.4. The average molecular weight is 390 g/mol. The van der Waals surface area contributed by atoms with Crippen molar-refractivity contribution in [3.8, 4) is 5.75 Å². The molecule has 0 atom stereocenters. The van der Waals surface area contributed by atoms with Crippen molar-refractivity contribution in [3.63, 3.8) is 0 Å². The Morgan fingerprint density at radius 3 is 2.41 bits per heavy atom. The molecule has 3 rings (SSSR count). The number of carbonyl (C=O) groups is 2. The molecule has 0 saturated carbocycles. The van der Waals surface area contributed by atoms with Crippen molar-refractivity contribution in [2.24, 2.45) is 0 Å². The summed E-state index contributed by atoms with van der Waals surface area (Å²) in [6.45, 7) is 0.866. The molecule has 0 bridgehead atoms. The third-order valence-electron chi connectivity index (χ3n) is 4.83. The Kier molecular flexibility index (Phi) is 6.85. The van der Waals surface area contributed by atoms with Gasteiger partial charge in [0.2, 0.25) is 11.8 Å². The van der Waals surface area contributed by atoms with Crippen LogP contribution in [0.25, 0.3) is 10.8 Å². The Labute approximate surface area is 171 Å². The van der Waals surface area contributed by atoms with Crippen LogP contribution in [0.2, 0.25) is 0 Å². The largest absolute Gasteiger partial charge is 0.497 e. The number of ether oxygens (including phenoxy) is 1. The predicted molar refractivity (Wildman–Crippen MR) is 115 cm³/mol. The van der Waals surface area contributed by atoms with Crippen LogP contribution in [-0.4, -0.2) is 37.4 Å². The molecule has 0 fully saturated rings. The number of amides is 2. The normalized spacial score (nSPS) is 10.6. The number of hydrogen-bond donors (Lipinski definition) is 1. The summed E-state index contributed by atoms with van der Waals surface area (Å²) in [4.78, 5) is 26.1. The summed E-state index contributed by atoms with van der Waals surface area (Å²) >= 11 is 0. The highest BCUT2D eigenvalue weighted by Crippen LogP contribution is 2.22. The van der Waals surface area contributed by atoms with E-state index in [2.05, 4.69) is 11.4 Å². The minimum atomic E-state index is -0.0726. The molecular formula is C24H26N2O3. The number of fused-ring (bicyclic) bond motifs is 1. The standard InChI is InChI=1S/C24H26N2O3/c1-26(17-19-8-9-21-16-22(29-2)11-10-20(21)14-19)24(28)12-13-25-23(27)15-18-6-4-3-5-7-18/h3-11,14,16H,12-13,15,17H2,1-2H3,(H,25,27). The van der Waals surface area contributed by atoms with E-state index >= 15 is 0 Å². The molecule has 0 aromatic heterocycles. The molecule has 2 amide bonds. The zero-order valence-corrected chi connectivity index (χ0v) is 16.9. The summed E-state index contributed by atoms with van der Waals surface area (Å²) in [5, 5.41) is 5.03. The van der Waals surface area contributed by atoms with Crippen molar-refractivity contribution in [3.05, 3.63) is 77.9 Å². The number of benzene rings is 3. The topological polar surface area (TPSA) is 58.6 Å². The van der Waals surface area contributed by atoms with Gasteiger partial charge in [0.15, 0.2) is 0 Å². The van der Waals surface area contributed by atoms with E-state index in [4.69, 9.17) is 4.74 Å². The van der Waals surface area contributed by atoms with Crippen molar-refractivity contribution in [2.75, 3.05) is 20.7 Å². The summed E-state index contributed by atoms with van der Waals surface area (Å²) in [6, 6.07) is 21.6. The van der Waals surface area contributed by atoms with Gasteiger partial charge in [0.1, 0.15) is 5.75 Å². The van der Waals surface area contributed by atoms with Crippen LogP contribution in [-0.2, 0) is 22.6 Å². The molecule has 0 radical (unpaired) electrons. The van der Waals surface area contributed by atoms with E-state index in [9.17, 15) is 9.59 Å². The van der Waals surface area contributed by atoms with Crippen molar-refractivity contribution in [1.29, 1.82) is 0 Å². The third-order valence-corrected chi connectivity index (χ3v) is 4.83. The van der Waals surface area contributed by atoms with Crippen LogP contribution in [0.3, 0.4) is 0 Å². The fourth-order valence-electron chi connectivity index (χ4n) is 3.20. The highest BCUT2D eigenvalue weighted by molar-refractivity contribution is 5.85. The molecule has 0 aliphatic carbocycles. The number of rotatable bonds is 8. The number of nitrogens with one attached hydrogen (secondary N) is 1. The second kappa shape index (κ2) is 9.73. The van der Waals surface area contributed by atoms with Crippen LogP contribution in [0, 0.1) is 0 Å². The van der Waals surface area contributed by atoms with Crippen LogP contribution in [0.4, 0.5) is 0 Å². The van der Waals surface area contributed by atoms with Crippen molar-refractivity contribution in [2.45, 2.75) is 19.4 Å². The summed E-state index contributed by atoms with van der Waals surface area (Å²) in [7, 11) is 3.44. The van der Waals surface area contributed by atoms with Crippen molar-refractivity contribution >= 4 is 22.6 Å². The van der Waals surface area contributed by atoms with Gasteiger partial charge < -0.3 is 15.0 Å². The van der Waals surface area contributed by atoms with Crippen LogP contribution in [0.5, 0.6) is 5.75 Å². The quantitative estimate of drug-likeness (QED) is 0.640. The molecule has 3 aromatic rings. The molecule has 0 spiro atoms. The fourth-order valence-corrected chi connectivity index (χ4v) is 3.20. The van der Waals surface area contributed by atoms with E-state index in [1.807, 2.05) is 60.7 Å². The summed E-state index contributed by atoms with van der Waals surface area (Å²) < 4.78 is 5.25. The number of carbonyl (C=O) groups excluding carboxylic acids is 2. The van der Waals surface area contributed by atoms with E-state index in [0.717, 1.165) is 27.6 Å². The van der Waals surface area contributed by atoms with Gasteiger partial charge >= 0.3 is 0 Å². The van der Waals surface area contributed by atoms with Crippen LogP contribution in [0.15, 0.2) is 66.7 Å². The molecule has 5 nitrogen and oxygen atoms in total. The smallest absolute Gasteiger partial charge is 0.224 e. The SMILES string of the molecule is COc1ccc2cc(CN(C)C(=O)CCNC(=O)Cc3ccccc3)ccc2c1. The Balaban J connectivity index is 1.47. The minimum absolute atomic E-state index is 0.000149. The lowest BCUT2D eigenvalue weighted by Gasteiger charge is -2.18. The van der Waals surface area contributed by atoms with Gasteiger partial charge in [0, 0.05) is 26.6 Å². The second-order valence-electron chi connectivity index (χ2n) is 7.06. The first-order chi connectivity index (χ1) is 14.0. The average Bonchev–Trinajstić information content (AvgIpc) is 2.73. The maximum absolute atomic E-state index is 12.4. The Morgan fingerprint density at radius 1 is 0.931 bits per heavy atom. The van der Waals surface area contributed by atoms with E-state index in [-0.39, 0.29) is 18.2 Å². The van der Waals surface area contributed by atoms with Crippen LogP contribution < -0.4 is 10.1 Å². The van der Waals surface area contributed by atoms with Crippen molar-refractivity contribution in [1.82, 2.24) is 10.2 Å². The third kappa shape index (κ3) is 5.82. The minimum Gasteiger partial charge on any atom is -0.497 e. The first-order valence-electron chi connectivity index (χ1n) is 9.66. The lowest BCUT2D eigenvalue weighted by Crippen LogP contribution is -2.32. The summed E-state index contributed by atoms with van der Waals surface area (Å²) in [6.07, 6.45) is 0.606. The lowest BCUT2D eigenvalue weighted by molar-refractivity contribution is -0.130. The Bertz CT molecular complexity index is 986. The van der Waals surface area contributed by atoms with Gasteiger partial charge in [0.25, 0.3) is 0 Å². The molecule has 3 aromatic carbocycles. The lowest BCUT2D eigenvalue weighted by atomic mass is 10.1. The monoisotopic (exact) mass is 390 g/mol. The molecule has 0 aliphatic rings. The van der Waals surface area contributed by atoms with E-state index in [1.54, 1.807) is 19.1 Å². The van der Waals surface area contributed by atoms with E-state index in [0.29, 0.717) is 19.5 Å². The number of nitrogens with zero attached hydrogens (tertiary/aromatic N) is 1. The number of methoxy groups -OCH3 is 1. The molecule has 0 heterocycles. The van der Waals surface area contributed by atoms with Gasteiger partial charge in [-0.2, -0.15) is 0 Å². The van der Waals surface area contributed by atoms with Gasteiger partial charge in [-0.15, -0.1) is 0 Å². The maximum atomic E-state index is 12.4. The summed E-state index contributed by atoms with van der Waals surface area (Å²) in [5.74, 6) is 0.753. The van der Waals surface area contributed by atoms with Gasteiger partial charge in [-0.3, -0.25) is 9.59 Å². The molecule has 29 heavy (non-hydrogen) atoms. The first-order valence-corrected chi connectivity index (χ1v) is 9.66. The van der Waals surface area contributed by atoms with Gasteiger partial charge in [-0.1, -0.05) is 48.5 Å². The Morgan fingerprint density at radius 2 is 1.66 bits per heavy atom. The fraction of sp³-hybridized carbons (Fsp3) is 0.250. The van der Waals surface area contributed by atoms with Gasteiger partial charge in [-0.25, -0.2) is 0 Å². The van der Waals surface area contributed by atoms with Crippen LogP contribution in [0.1, 0.15) is 17.5 Å². The summed E-state index contributed by atoms with van der Waals surface area (Å²) in [5.41, 5.74) is 2.02. The molecular weight excluding hydrogens is 364 g/mol. The van der Waals surface area contributed by atoms with E-state index in [1.165, 1.54) is 0 Å². The Hall–Kier alpha value is -3.34. The van der Waals surface area contributed by atoms with Gasteiger partial charge in [0.05, 0.1) is 13.5 Å².